The number of fused-ring (bicyclic) bond motifs is 2. The van der Waals surface area contributed by atoms with Crippen LogP contribution in [-0.2, 0) is 4.79 Å². The first-order chi connectivity index (χ1) is 17.6. The summed E-state index contributed by atoms with van der Waals surface area (Å²) >= 11 is 0. The molecule has 0 aliphatic carbocycles. The van der Waals surface area contributed by atoms with E-state index in [0.717, 1.165) is 21.9 Å². The topological polar surface area (TPSA) is 73.0 Å². The van der Waals surface area contributed by atoms with Crippen LogP contribution in [0, 0.1) is 0 Å². The van der Waals surface area contributed by atoms with Gasteiger partial charge in [-0.1, -0.05) is 84.9 Å². The molecule has 0 bridgehead atoms. The van der Waals surface area contributed by atoms with Crippen molar-refractivity contribution >= 4 is 40.1 Å². The average molecular weight is 477 g/mol. The molecule has 4 aromatic rings. The van der Waals surface area contributed by atoms with Gasteiger partial charge in [0.05, 0.1) is 17.9 Å². The van der Waals surface area contributed by atoms with Crippen LogP contribution >= 0.6 is 0 Å². The summed E-state index contributed by atoms with van der Waals surface area (Å²) in [4.78, 5) is 44.4. The van der Waals surface area contributed by atoms with E-state index in [1.807, 2.05) is 91.0 Å². The summed E-state index contributed by atoms with van der Waals surface area (Å²) < 4.78 is 0. The summed E-state index contributed by atoms with van der Waals surface area (Å²) in [5.41, 5.74) is 3.19. The van der Waals surface area contributed by atoms with E-state index in [-0.39, 0.29) is 24.5 Å². The van der Waals surface area contributed by atoms with Gasteiger partial charge in [0.15, 0.2) is 0 Å². The Bertz CT molecular complexity index is 1480. The molecule has 1 unspecified atom stereocenters. The third kappa shape index (κ3) is 3.65. The summed E-state index contributed by atoms with van der Waals surface area (Å²) in [6.07, 6.45) is 0. The smallest absolute Gasteiger partial charge is 0.320 e. The van der Waals surface area contributed by atoms with E-state index in [2.05, 4.69) is 5.32 Å². The number of carbonyl (C=O) groups excluding carboxylic acids is 3. The lowest BCUT2D eigenvalue weighted by Gasteiger charge is -2.35. The number of para-hydroxylation sites is 1. The van der Waals surface area contributed by atoms with Crippen molar-refractivity contribution in [1.29, 1.82) is 0 Å². The normalized spacial score (nSPS) is 17.4. The van der Waals surface area contributed by atoms with Crippen molar-refractivity contribution in [1.82, 2.24) is 9.80 Å². The van der Waals surface area contributed by atoms with Crippen LogP contribution in [0.15, 0.2) is 97.1 Å². The highest BCUT2D eigenvalue weighted by Gasteiger charge is 2.49. The van der Waals surface area contributed by atoms with Crippen LogP contribution in [0.3, 0.4) is 0 Å². The minimum atomic E-state index is -0.708. The van der Waals surface area contributed by atoms with E-state index in [1.54, 1.807) is 15.9 Å². The Morgan fingerprint density at radius 1 is 0.778 bits per heavy atom. The Hall–Kier alpha value is -4.65. The minimum absolute atomic E-state index is 0.144. The second-order valence-electron chi connectivity index (χ2n) is 8.95. The molecule has 6 rings (SSSR count). The summed E-state index contributed by atoms with van der Waals surface area (Å²) in [5, 5.41) is 4.81. The lowest BCUT2D eigenvalue weighted by Crippen LogP contribution is -2.55. The van der Waals surface area contributed by atoms with Crippen LogP contribution < -0.4 is 10.2 Å². The molecule has 2 heterocycles. The molecule has 178 valence electrons. The molecule has 4 aromatic carbocycles. The average Bonchev–Trinajstić information content (AvgIpc) is 3.18. The minimum Gasteiger partial charge on any atom is -0.320 e. The number of imide groups is 1. The molecule has 2 aliphatic heterocycles. The Morgan fingerprint density at radius 2 is 1.50 bits per heavy atom. The van der Waals surface area contributed by atoms with Crippen molar-refractivity contribution < 1.29 is 14.4 Å². The Morgan fingerprint density at radius 3 is 2.36 bits per heavy atom. The lowest BCUT2D eigenvalue weighted by atomic mass is 10.0. The van der Waals surface area contributed by atoms with Gasteiger partial charge in [0.2, 0.25) is 0 Å². The van der Waals surface area contributed by atoms with E-state index < -0.39 is 6.04 Å². The van der Waals surface area contributed by atoms with Crippen LogP contribution in [0.25, 0.3) is 21.9 Å². The molecule has 7 nitrogen and oxygen atoms in total. The van der Waals surface area contributed by atoms with Crippen molar-refractivity contribution in [3.8, 4) is 11.1 Å². The number of benzene rings is 4. The molecule has 0 saturated carbocycles. The van der Waals surface area contributed by atoms with Gasteiger partial charge >= 0.3 is 12.1 Å². The van der Waals surface area contributed by atoms with Crippen LogP contribution in [0.1, 0.15) is 0 Å². The number of nitrogens with one attached hydrogen (secondary N) is 1. The van der Waals surface area contributed by atoms with Crippen LogP contribution in [0.2, 0.25) is 0 Å². The summed E-state index contributed by atoms with van der Waals surface area (Å²) in [6, 6.07) is 29.4. The molecule has 1 N–H and O–H groups in total. The summed E-state index contributed by atoms with van der Waals surface area (Å²) in [5.74, 6) is -0.307. The highest BCUT2D eigenvalue weighted by molar-refractivity contribution is 6.24. The quantitative estimate of drug-likeness (QED) is 0.414. The summed E-state index contributed by atoms with van der Waals surface area (Å²) in [7, 11) is 0. The van der Waals surface area contributed by atoms with Crippen LogP contribution in [-0.4, -0.2) is 53.4 Å². The monoisotopic (exact) mass is 476 g/mol. The van der Waals surface area contributed by atoms with Crippen LogP contribution in [0.5, 0.6) is 0 Å². The Balaban J connectivity index is 1.23. The van der Waals surface area contributed by atoms with E-state index in [0.29, 0.717) is 24.5 Å². The standard InChI is InChI=1S/C29H24N4O3/c34-27-26-19-31(28(35)30-24-15-7-6-13-22(24)20-9-2-1-3-10-20)17-18-32(26)29(36)33(27)25-16-8-12-21-11-4-5-14-23(21)25/h1-16,26H,17-19H2,(H,30,35). The predicted molar refractivity (Wildman–Crippen MR) is 140 cm³/mol. The van der Waals surface area contributed by atoms with Gasteiger partial charge in [-0.3, -0.25) is 4.79 Å². The highest BCUT2D eigenvalue weighted by atomic mass is 16.2. The number of hydrogen-bond acceptors (Lipinski definition) is 3. The maximum Gasteiger partial charge on any atom is 0.332 e. The molecule has 2 fully saturated rings. The molecule has 2 aliphatic rings. The Labute approximate surface area is 208 Å². The molecular weight excluding hydrogens is 452 g/mol. The fraction of sp³-hybridized carbons (Fsp3) is 0.138. The zero-order valence-electron chi connectivity index (χ0n) is 19.5. The van der Waals surface area contributed by atoms with Gasteiger partial charge in [-0.2, -0.15) is 0 Å². The maximum atomic E-state index is 13.5. The Kier molecular flexibility index (Phi) is 5.37. The van der Waals surface area contributed by atoms with Gasteiger partial charge < -0.3 is 15.1 Å². The molecule has 0 spiro atoms. The molecule has 2 saturated heterocycles. The third-order valence-corrected chi connectivity index (χ3v) is 6.87. The second-order valence-corrected chi connectivity index (χ2v) is 8.95. The van der Waals surface area contributed by atoms with Crippen molar-refractivity contribution in [3.63, 3.8) is 0 Å². The fourth-order valence-electron chi connectivity index (χ4n) is 5.06. The number of amides is 5. The molecule has 36 heavy (non-hydrogen) atoms. The molecule has 0 aromatic heterocycles. The number of hydrogen-bond donors (Lipinski definition) is 1. The second kappa shape index (κ2) is 8.85. The van der Waals surface area contributed by atoms with Crippen molar-refractivity contribution in [2.75, 3.05) is 29.9 Å². The zero-order chi connectivity index (χ0) is 24.6. The van der Waals surface area contributed by atoms with Crippen molar-refractivity contribution in [3.05, 3.63) is 97.1 Å². The number of piperazine rings is 1. The van der Waals surface area contributed by atoms with Gasteiger partial charge in [0.1, 0.15) is 6.04 Å². The van der Waals surface area contributed by atoms with Crippen molar-refractivity contribution in [2.24, 2.45) is 0 Å². The first-order valence-electron chi connectivity index (χ1n) is 11.9. The number of rotatable bonds is 3. The zero-order valence-corrected chi connectivity index (χ0v) is 19.5. The van der Waals surface area contributed by atoms with Gasteiger partial charge in [0, 0.05) is 24.0 Å². The molecule has 0 radical (unpaired) electrons. The number of urea groups is 2. The van der Waals surface area contributed by atoms with E-state index in [1.165, 1.54) is 4.90 Å². The van der Waals surface area contributed by atoms with Crippen molar-refractivity contribution in [2.45, 2.75) is 6.04 Å². The number of nitrogens with zero attached hydrogens (tertiary/aromatic N) is 3. The predicted octanol–water partition coefficient (Wildman–Crippen LogP) is 5.19. The lowest BCUT2D eigenvalue weighted by molar-refractivity contribution is -0.120. The number of carbonyl (C=O) groups is 3. The maximum absolute atomic E-state index is 13.5. The van der Waals surface area contributed by atoms with E-state index in [4.69, 9.17) is 0 Å². The van der Waals surface area contributed by atoms with Gasteiger partial charge in [-0.05, 0) is 23.1 Å². The van der Waals surface area contributed by atoms with Gasteiger partial charge in [-0.15, -0.1) is 0 Å². The first kappa shape index (κ1) is 21.9. The summed E-state index contributed by atoms with van der Waals surface area (Å²) in [6.45, 7) is 0.785. The largest absolute Gasteiger partial charge is 0.332 e. The molecule has 7 heteroatoms. The molecular formula is C29H24N4O3. The first-order valence-corrected chi connectivity index (χ1v) is 11.9. The van der Waals surface area contributed by atoms with E-state index in [9.17, 15) is 14.4 Å². The molecule has 1 atom stereocenters. The molecule has 5 amide bonds. The van der Waals surface area contributed by atoms with Gasteiger partial charge in [-0.25, -0.2) is 14.5 Å². The van der Waals surface area contributed by atoms with Gasteiger partial charge in [0.25, 0.3) is 5.91 Å². The third-order valence-electron chi connectivity index (χ3n) is 6.87. The SMILES string of the molecule is O=C(Nc1ccccc1-c1ccccc1)N1CCN2C(=O)N(c3cccc4ccccc34)C(=O)C2C1. The highest BCUT2D eigenvalue weighted by Crippen LogP contribution is 2.33. The van der Waals surface area contributed by atoms with E-state index >= 15 is 0 Å². The number of anilines is 2. The van der Waals surface area contributed by atoms with Crippen LogP contribution in [0.4, 0.5) is 21.0 Å². The fourth-order valence-corrected chi connectivity index (χ4v) is 5.06.